The van der Waals surface area contributed by atoms with E-state index in [0.717, 1.165) is 11.4 Å². The minimum absolute atomic E-state index is 0.792. The molecule has 0 aliphatic heterocycles. The van der Waals surface area contributed by atoms with E-state index in [9.17, 15) is 0 Å². The Bertz CT molecular complexity index is 414. The fourth-order valence-electron chi connectivity index (χ4n) is 1.49. The molecule has 0 unspecified atom stereocenters. The largest absolute Gasteiger partial charge is 0.354 e. The lowest BCUT2D eigenvalue weighted by Gasteiger charge is -2.03. The summed E-state index contributed by atoms with van der Waals surface area (Å²) >= 11 is 5.82. The van der Waals surface area contributed by atoms with Crippen LogP contribution in [0.4, 0.5) is 0 Å². The summed E-state index contributed by atoms with van der Waals surface area (Å²) in [5, 5.41) is 0.792. The number of nitrogens with zero attached hydrogens (tertiary/aromatic N) is 1. The van der Waals surface area contributed by atoms with Gasteiger partial charge < -0.3 is 4.57 Å². The van der Waals surface area contributed by atoms with Crippen molar-refractivity contribution in [2.75, 3.05) is 0 Å². The molecule has 1 heterocycles. The summed E-state index contributed by atoms with van der Waals surface area (Å²) in [4.78, 5) is 0. The van der Waals surface area contributed by atoms with Gasteiger partial charge in [-0.05, 0) is 29.8 Å². The van der Waals surface area contributed by atoms with Crippen molar-refractivity contribution < 1.29 is 0 Å². The van der Waals surface area contributed by atoms with E-state index in [1.165, 1.54) is 11.3 Å². The van der Waals surface area contributed by atoms with Gasteiger partial charge in [0.25, 0.3) is 0 Å². The maximum Gasteiger partial charge on any atom is 0.0406 e. The molecular formula is C12H12ClN. The van der Waals surface area contributed by atoms with Gasteiger partial charge in [-0.1, -0.05) is 23.7 Å². The van der Waals surface area contributed by atoms with Crippen molar-refractivity contribution in [1.82, 2.24) is 4.57 Å². The Hall–Kier alpha value is -1.21. The monoisotopic (exact) mass is 205 g/mol. The van der Waals surface area contributed by atoms with Crippen molar-refractivity contribution in [2.24, 2.45) is 7.05 Å². The topological polar surface area (TPSA) is 4.93 Å². The molecule has 2 aromatic rings. The summed E-state index contributed by atoms with van der Waals surface area (Å²) in [6, 6.07) is 12.2. The Balaban J connectivity index is 2.19. The second-order valence-electron chi connectivity index (χ2n) is 3.41. The van der Waals surface area contributed by atoms with Crippen LogP contribution < -0.4 is 0 Å². The molecule has 2 rings (SSSR count). The first-order valence-corrected chi connectivity index (χ1v) is 4.98. The smallest absolute Gasteiger partial charge is 0.0406 e. The molecule has 0 saturated heterocycles. The van der Waals surface area contributed by atoms with Gasteiger partial charge in [0, 0.05) is 30.4 Å². The van der Waals surface area contributed by atoms with Crippen molar-refractivity contribution in [3.8, 4) is 0 Å². The van der Waals surface area contributed by atoms with Gasteiger partial charge in [-0.2, -0.15) is 0 Å². The molecule has 1 nitrogen and oxygen atoms in total. The maximum atomic E-state index is 5.82. The van der Waals surface area contributed by atoms with Gasteiger partial charge in [0.2, 0.25) is 0 Å². The lowest BCUT2D eigenvalue weighted by atomic mass is 10.1. The van der Waals surface area contributed by atoms with Crippen LogP contribution in [0.1, 0.15) is 11.3 Å². The molecule has 0 fully saturated rings. The Morgan fingerprint density at radius 1 is 1.14 bits per heavy atom. The van der Waals surface area contributed by atoms with Crippen LogP contribution in [-0.2, 0) is 13.5 Å². The van der Waals surface area contributed by atoms with E-state index in [1.807, 2.05) is 12.1 Å². The molecule has 0 N–H and O–H groups in total. The maximum absolute atomic E-state index is 5.82. The van der Waals surface area contributed by atoms with Crippen molar-refractivity contribution in [1.29, 1.82) is 0 Å². The number of aromatic nitrogens is 1. The van der Waals surface area contributed by atoms with E-state index in [2.05, 4.69) is 42.1 Å². The Kier molecular flexibility index (Phi) is 2.60. The molecule has 0 amide bonds. The Morgan fingerprint density at radius 3 is 2.43 bits per heavy atom. The van der Waals surface area contributed by atoms with E-state index in [0.29, 0.717) is 0 Å². The SMILES string of the molecule is Cn1cccc1Cc1ccc(Cl)cc1. The molecular weight excluding hydrogens is 194 g/mol. The van der Waals surface area contributed by atoms with E-state index in [1.54, 1.807) is 0 Å². The van der Waals surface area contributed by atoms with Crippen LogP contribution >= 0.6 is 11.6 Å². The Labute approximate surface area is 88.9 Å². The number of benzene rings is 1. The summed E-state index contributed by atoms with van der Waals surface area (Å²) in [5.41, 5.74) is 2.60. The van der Waals surface area contributed by atoms with Crippen molar-refractivity contribution in [3.05, 3.63) is 58.9 Å². The van der Waals surface area contributed by atoms with Crippen LogP contribution in [0, 0.1) is 0 Å². The normalized spacial score (nSPS) is 10.4. The second kappa shape index (κ2) is 3.89. The third-order valence-electron chi connectivity index (χ3n) is 2.35. The summed E-state index contributed by atoms with van der Waals surface area (Å²) < 4.78 is 2.13. The average Bonchev–Trinajstić information content (AvgIpc) is 2.56. The number of hydrogen-bond acceptors (Lipinski definition) is 0. The molecule has 0 spiro atoms. The molecule has 72 valence electrons. The first-order valence-electron chi connectivity index (χ1n) is 4.60. The zero-order valence-electron chi connectivity index (χ0n) is 8.07. The van der Waals surface area contributed by atoms with Crippen LogP contribution in [0.2, 0.25) is 5.02 Å². The van der Waals surface area contributed by atoms with Gasteiger partial charge in [0.05, 0.1) is 0 Å². The summed E-state index contributed by atoms with van der Waals surface area (Å²) in [6.45, 7) is 0. The zero-order valence-corrected chi connectivity index (χ0v) is 8.83. The predicted octanol–water partition coefficient (Wildman–Crippen LogP) is 3.27. The van der Waals surface area contributed by atoms with Gasteiger partial charge in [-0.15, -0.1) is 0 Å². The highest BCUT2D eigenvalue weighted by Crippen LogP contribution is 2.13. The molecule has 0 atom stereocenters. The second-order valence-corrected chi connectivity index (χ2v) is 3.85. The highest BCUT2D eigenvalue weighted by molar-refractivity contribution is 6.30. The first kappa shape index (κ1) is 9.35. The number of rotatable bonds is 2. The lowest BCUT2D eigenvalue weighted by Crippen LogP contribution is -1.95. The van der Waals surface area contributed by atoms with E-state index >= 15 is 0 Å². The van der Waals surface area contributed by atoms with Crippen LogP contribution in [0.3, 0.4) is 0 Å². The summed E-state index contributed by atoms with van der Waals surface area (Å²) in [6.07, 6.45) is 3.02. The van der Waals surface area contributed by atoms with Crippen LogP contribution in [0.25, 0.3) is 0 Å². The van der Waals surface area contributed by atoms with Gasteiger partial charge in [0.1, 0.15) is 0 Å². The minimum Gasteiger partial charge on any atom is -0.354 e. The van der Waals surface area contributed by atoms with Gasteiger partial charge in [-0.25, -0.2) is 0 Å². The van der Waals surface area contributed by atoms with E-state index in [4.69, 9.17) is 11.6 Å². The average molecular weight is 206 g/mol. The summed E-state index contributed by atoms with van der Waals surface area (Å²) in [5.74, 6) is 0. The highest BCUT2D eigenvalue weighted by atomic mass is 35.5. The van der Waals surface area contributed by atoms with Gasteiger partial charge in [-0.3, -0.25) is 0 Å². The molecule has 1 aromatic heterocycles. The highest BCUT2D eigenvalue weighted by Gasteiger charge is 1.98. The van der Waals surface area contributed by atoms with Crippen LogP contribution in [-0.4, -0.2) is 4.57 Å². The third kappa shape index (κ3) is 1.99. The molecule has 0 radical (unpaired) electrons. The molecule has 0 aliphatic rings. The van der Waals surface area contributed by atoms with Crippen molar-refractivity contribution in [2.45, 2.75) is 6.42 Å². The predicted molar refractivity (Wildman–Crippen MR) is 59.7 cm³/mol. The number of aryl methyl sites for hydroxylation is 1. The van der Waals surface area contributed by atoms with Crippen molar-refractivity contribution >= 4 is 11.6 Å². The first-order chi connectivity index (χ1) is 6.75. The van der Waals surface area contributed by atoms with Gasteiger partial charge in [0.15, 0.2) is 0 Å². The number of hydrogen-bond donors (Lipinski definition) is 0. The molecule has 0 aliphatic carbocycles. The van der Waals surface area contributed by atoms with E-state index in [-0.39, 0.29) is 0 Å². The van der Waals surface area contributed by atoms with Crippen LogP contribution in [0.5, 0.6) is 0 Å². The standard InChI is InChI=1S/C12H12ClN/c1-14-8-2-3-12(14)9-10-4-6-11(13)7-5-10/h2-8H,9H2,1H3. The molecule has 14 heavy (non-hydrogen) atoms. The minimum atomic E-state index is 0.792. The molecule has 0 bridgehead atoms. The quantitative estimate of drug-likeness (QED) is 0.709. The van der Waals surface area contributed by atoms with Crippen molar-refractivity contribution in [3.63, 3.8) is 0 Å². The lowest BCUT2D eigenvalue weighted by molar-refractivity contribution is 0.850. The fourth-order valence-corrected chi connectivity index (χ4v) is 1.62. The number of halogens is 1. The zero-order chi connectivity index (χ0) is 9.97. The molecule has 2 heteroatoms. The summed E-state index contributed by atoms with van der Waals surface area (Å²) in [7, 11) is 2.06. The van der Waals surface area contributed by atoms with Crippen LogP contribution in [0.15, 0.2) is 42.6 Å². The van der Waals surface area contributed by atoms with E-state index < -0.39 is 0 Å². The fraction of sp³-hybridized carbons (Fsp3) is 0.167. The molecule has 0 saturated carbocycles. The molecule has 1 aromatic carbocycles. The third-order valence-corrected chi connectivity index (χ3v) is 2.60. The Morgan fingerprint density at radius 2 is 1.86 bits per heavy atom. The van der Waals surface area contributed by atoms with Gasteiger partial charge >= 0.3 is 0 Å².